The first-order valence-electron chi connectivity index (χ1n) is 9.09. The number of non-ortho nitro benzene ring substituents is 1. The van der Waals surface area contributed by atoms with Crippen molar-refractivity contribution in [1.82, 2.24) is 25.0 Å². The molecule has 0 aliphatic carbocycles. The molecule has 3 rings (SSSR count). The van der Waals surface area contributed by atoms with E-state index < -0.39 is 4.92 Å². The van der Waals surface area contributed by atoms with Crippen LogP contribution in [0.2, 0.25) is 0 Å². The molecule has 0 saturated carbocycles. The van der Waals surface area contributed by atoms with Crippen LogP contribution in [0.25, 0.3) is 5.69 Å². The van der Waals surface area contributed by atoms with Gasteiger partial charge < -0.3 is 10.2 Å². The summed E-state index contributed by atoms with van der Waals surface area (Å²) in [5.41, 5.74) is 2.52. The van der Waals surface area contributed by atoms with Gasteiger partial charge in [-0.05, 0) is 37.1 Å². The largest absolute Gasteiger partial charge is 0.331 e. The molecule has 150 valence electrons. The van der Waals surface area contributed by atoms with Crippen LogP contribution >= 0.6 is 0 Å². The van der Waals surface area contributed by atoms with Crippen LogP contribution in [0, 0.1) is 10.1 Å². The summed E-state index contributed by atoms with van der Waals surface area (Å²) in [5.74, 6) is 0. The monoisotopic (exact) mass is 394 g/mol. The molecule has 0 bridgehead atoms. The van der Waals surface area contributed by atoms with Crippen molar-refractivity contribution in [3.63, 3.8) is 0 Å². The zero-order chi connectivity index (χ0) is 21.0. The first-order chi connectivity index (χ1) is 13.9. The second kappa shape index (κ2) is 8.51. The highest BCUT2D eigenvalue weighted by Crippen LogP contribution is 2.24. The van der Waals surface area contributed by atoms with E-state index >= 15 is 0 Å². The molecule has 9 nitrogen and oxygen atoms in total. The highest BCUT2D eigenvalue weighted by molar-refractivity contribution is 5.75. The Hall–Kier alpha value is -3.75. The summed E-state index contributed by atoms with van der Waals surface area (Å²) >= 11 is 0. The molecule has 2 aromatic carbocycles. The Labute approximate surface area is 168 Å². The number of urea groups is 1. The molecule has 0 saturated heterocycles. The van der Waals surface area contributed by atoms with Gasteiger partial charge in [-0.1, -0.05) is 24.3 Å². The number of nitrogens with one attached hydrogen (secondary N) is 1. The van der Waals surface area contributed by atoms with E-state index in [1.54, 1.807) is 30.2 Å². The molecular formula is C20H22N6O3. The van der Waals surface area contributed by atoms with E-state index in [1.165, 1.54) is 23.4 Å². The Balaban J connectivity index is 1.65. The summed E-state index contributed by atoms with van der Waals surface area (Å²) in [6.07, 6.45) is 3.08. The zero-order valence-electron chi connectivity index (χ0n) is 16.4. The van der Waals surface area contributed by atoms with Crippen LogP contribution in [-0.4, -0.2) is 37.7 Å². The summed E-state index contributed by atoms with van der Waals surface area (Å²) in [6.45, 7) is 3.73. The molecule has 1 aromatic heterocycles. The fraction of sp³-hybridized carbons (Fsp3) is 0.250. The molecular weight excluding hydrogens is 372 g/mol. The minimum atomic E-state index is -0.443. The standard InChI is InChI=1S/C20H22N6O3/c1-14(16-7-9-18(10-8-16)25-13-21-12-22-25)23-20(27)24(3)15(2)17-5-4-6-19(11-17)26(28)29/h4-15H,1-3H3,(H,23,27)/t14-,15+/m0/s1. The molecule has 0 aliphatic heterocycles. The number of benzene rings is 2. The van der Waals surface area contributed by atoms with Gasteiger partial charge in [0.25, 0.3) is 5.69 Å². The maximum Gasteiger partial charge on any atom is 0.318 e. The van der Waals surface area contributed by atoms with Gasteiger partial charge in [-0.2, -0.15) is 5.10 Å². The van der Waals surface area contributed by atoms with Gasteiger partial charge >= 0.3 is 6.03 Å². The van der Waals surface area contributed by atoms with E-state index in [2.05, 4.69) is 15.4 Å². The third-order valence-electron chi connectivity index (χ3n) is 4.88. The molecule has 3 aromatic rings. The highest BCUT2D eigenvalue weighted by Gasteiger charge is 2.21. The van der Waals surface area contributed by atoms with Gasteiger partial charge in [0.05, 0.1) is 22.7 Å². The average molecular weight is 394 g/mol. The molecule has 29 heavy (non-hydrogen) atoms. The number of hydrogen-bond acceptors (Lipinski definition) is 5. The fourth-order valence-electron chi connectivity index (χ4n) is 2.93. The Bertz CT molecular complexity index is 988. The molecule has 1 N–H and O–H groups in total. The lowest BCUT2D eigenvalue weighted by atomic mass is 10.1. The van der Waals surface area contributed by atoms with Crippen LogP contribution in [0.15, 0.2) is 61.2 Å². The smallest absolute Gasteiger partial charge is 0.318 e. The van der Waals surface area contributed by atoms with Crippen molar-refractivity contribution in [3.8, 4) is 5.69 Å². The Morgan fingerprint density at radius 3 is 2.52 bits per heavy atom. The minimum absolute atomic E-state index is 0.00370. The van der Waals surface area contributed by atoms with Crippen molar-refractivity contribution >= 4 is 11.7 Å². The molecule has 2 amide bonds. The van der Waals surface area contributed by atoms with Crippen LogP contribution < -0.4 is 5.32 Å². The molecule has 1 heterocycles. The number of amides is 2. The van der Waals surface area contributed by atoms with Crippen LogP contribution in [0.4, 0.5) is 10.5 Å². The third kappa shape index (κ3) is 4.57. The van der Waals surface area contributed by atoms with Gasteiger partial charge in [0.15, 0.2) is 0 Å². The van der Waals surface area contributed by atoms with Gasteiger partial charge in [-0.15, -0.1) is 0 Å². The molecule has 2 atom stereocenters. The zero-order valence-corrected chi connectivity index (χ0v) is 16.4. The molecule has 0 unspecified atom stereocenters. The maximum absolute atomic E-state index is 12.7. The van der Waals surface area contributed by atoms with Crippen molar-refractivity contribution in [2.75, 3.05) is 7.05 Å². The van der Waals surface area contributed by atoms with Crippen molar-refractivity contribution in [2.24, 2.45) is 0 Å². The van der Waals surface area contributed by atoms with Gasteiger partial charge in [0.1, 0.15) is 12.7 Å². The van der Waals surface area contributed by atoms with Gasteiger partial charge in [0.2, 0.25) is 0 Å². The SMILES string of the molecule is C[C@H](NC(=O)N(C)[C@H](C)c1cccc([N+](=O)[O-])c1)c1ccc(-n2cncn2)cc1. The summed E-state index contributed by atoms with van der Waals surface area (Å²) < 4.78 is 1.65. The van der Waals surface area contributed by atoms with Gasteiger partial charge in [-0.3, -0.25) is 10.1 Å². The lowest BCUT2D eigenvalue weighted by Gasteiger charge is -2.27. The number of carbonyl (C=O) groups is 1. The minimum Gasteiger partial charge on any atom is -0.331 e. The average Bonchev–Trinajstić information content (AvgIpc) is 3.27. The summed E-state index contributed by atoms with van der Waals surface area (Å²) in [7, 11) is 1.67. The Morgan fingerprint density at radius 2 is 1.90 bits per heavy atom. The Kier molecular flexibility index (Phi) is 5.87. The fourth-order valence-corrected chi connectivity index (χ4v) is 2.93. The first-order valence-corrected chi connectivity index (χ1v) is 9.09. The third-order valence-corrected chi connectivity index (χ3v) is 4.88. The lowest BCUT2D eigenvalue weighted by Crippen LogP contribution is -2.39. The number of nitro benzene ring substituents is 1. The predicted octanol–water partition coefficient (Wildman–Crippen LogP) is 3.64. The van der Waals surface area contributed by atoms with E-state index in [-0.39, 0.29) is 23.8 Å². The van der Waals surface area contributed by atoms with E-state index in [1.807, 2.05) is 38.1 Å². The second-order valence-corrected chi connectivity index (χ2v) is 6.74. The maximum atomic E-state index is 12.7. The summed E-state index contributed by atoms with van der Waals surface area (Å²) in [5, 5.41) is 18.0. The number of nitrogens with zero attached hydrogens (tertiary/aromatic N) is 5. The topological polar surface area (TPSA) is 106 Å². The molecule has 0 aliphatic rings. The number of nitro groups is 1. The van der Waals surface area contributed by atoms with E-state index in [9.17, 15) is 14.9 Å². The molecule has 0 spiro atoms. The van der Waals surface area contributed by atoms with Crippen molar-refractivity contribution in [3.05, 3.63) is 82.4 Å². The van der Waals surface area contributed by atoms with Gasteiger partial charge in [0, 0.05) is 19.2 Å². The van der Waals surface area contributed by atoms with Crippen molar-refractivity contribution in [1.29, 1.82) is 0 Å². The number of carbonyl (C=O) groups excluding carboxylic acids is 1. The van der Waals surface area contributed by atoms with Crippen molar-refractivity contribution in [2.45, 2.75) is 25.9 Å². The number of rotatable bonds is 6. The lowest BCUT2D eigenvalue weighted by molar-refractivity contribution is -0.384. The van der Waals surface area contributed by atoms with Gasteiger partial charge in [-0.25, -0.2) is 14.5 Å². The molecule has 0 fully saturated rings. The van der Waals surface area contributed by atoms with Crippen LogP contribution in [0.3, 0.4) is 0 Å². The number of hydrogen-bond donors (Lipinski definition) is 1. The predicted molar refractivity (Wildman–Crippen MR) is 108 cm³/mol. The molecule has 0 radical (unpaired) electrons. The van der Waals surface area contributed by atoms with Crippen molar-refractivity contribution < 1.29 is 9.72 Å². The summed E-state index contributed by atoms with van der Waals surface area (Å²) in [6, 6.07) is 13.2. The molecule has 9 heteroatoms. The second-order valence-electron chi connectivity index (χ2n) is 6.74. The van der Waals surface area contributed by atoms with Crippen LogP contribution in [-0.2, 0) is 0 Å². The highest BCUT2D eigenvalue weighted by atomic mass is 16.6. The first kappa shape index (κ1) is 20.0. The van der Waals surface area contributed by atoms with E-state index in [0.29, 0.717) is 5.56 Å². The summed E-state index contributed by atoms with van der Waals surface area (Å²) in [4.78, 5) is 28.7. The van der Waals surface area contributed by atoms with E-state index in [0.717, 1.165) is 11.3 Å². The number of aromatic nitrogens is 3. The van der Waals surface area contributed by atoms with E-state index in [4.69, 9.17) is 0 Å². The van der Waals surface area contributed by atoms with Crippen LogP contribution in [0.5, 0.6) is 0 Å². The Morgan fingerprint density at radius 1 is 1.17 bits per heavy atom. The van der Waals surface area contributed by atoms with Crippen LogP contribution in [0.1, 0.15) is 37.1 Å². The quantitative estimate of drug-likeness (QED) is 0.507. The normalized spacial score (nSPS) is 12.8.